The number of fused-ring (bicyclic) bond motifs is 3. The molecular weight excluding hydrogens is 731 g/mol. The van der Waals surface area contributed by atoms with Gasteiger partial charge in [-0.15, -0.1) is 0 Å². The number of esters is 1. The summed E-state index contributed by atoms with van der Waals surface area (Å²) < 4.78 is 44.8. The third-order valence-electron chi connectivity index (χ3n) is 10.5. The number of hydrogen-bond acceptors (Lipinski definition) is 11. The van der Waals surface area contributed by atoms with Gasteiger partial charge < -0.3 is 29.7 Å². The molecule has 1 saturated heterocycles. The van der Waals surface area contributed by atoms with Crippen LogP contribution in [-0.2, 0) is 38.7 Å². The van der Waals surface area contributed by atoms with Crippen LogP contribution in [0.1, 0.15) is 51.4 Å². The molecule has 1 unspecified atom stereocenters. The summed E-state index contributed by atoms with van der Waals surface area (Å²) in [6.07, 6.45) is 4.15. The van der Waals surface area contributed by atoms with Gasteiger partial charge in [0, 0.05) is 41.8 Å². The van der Waals surface area contributed by atoms with Crippen LogP contribution >= 0.6 is 0 Å². The number of methoxy groups -OCH3 is 2. The minimum absolute atomic E-state index is 0.0321. The number of allylic oxidation sites excluding steroid dienone is 1. The number of carbonyl (C=O) groups is 5. The van der Waals surface area contributed by atoms with Gasteiger partial charge in [-0.1, -0.05) is 42.5 Å². The van der Waals surface area contributed by atoms with Crippen molar-refractivity contribution in [3.05, 3.63) is 66.7 Å². The maximum Gasteiger partial charge on any atom is 0.308 e. The monoisotopic (exact) mass is 773 g/mol. The summed E-state index contributed by atoms with van der Waals surface area (Å²) in [6, 6.07) is 14.0. The average molecular weight is 774 g/mol. The molecule has 2 aliphatic heterocycles. The highest BCUT2D eigenvalue weighted by Gasteiger charge is 2.62. The van der Waals surface area contributed by atoms with Crippen LogP contribution in [0.15, 0.2) is 66.7 Å². The summed E-state index contributed by atoms with van der Waals surface area (Å²) in [5.41, 5.74) is 0.446. The number of nitrogens with one attached hydrogen (secondary N) is 3. The van der Waals surface area contributed by atoms with Crippen LogP contribution in [-0.4, -0.2) is 97.6 Å². The minimum atomic E-state index is -3.94. The zero-order valence-electron chi connectivity index (χ0n) is 30.5. The Morgan fingerprint density at radius 2 is 1.84 bits per heavy atom. The van der Waals surface area contributed by atoms with Crippen molar-refractivity contribution in [3.63, 3.8) is 0 Å². The number of amides is 4. The number of nitrogens with zero attached hydrogens (tertiary/aromatic N) is 2. The molecule has 5 atom stereocenters. The largest absolute Gasteiger partial charge is 0.497 e. The standard InChI is InChI=1S/C39H43N5O10S/c1-52-25-13-16-28-30(17-25)40-29(23-9-5-3-6-10-23)19-33(28)54-26-18-32-36(47)42-39(38(49)43-55(50,51)27-14-15-27)21-24(39)11-7-4-8-12-34(45)41-31(20-35(46)53-2)37(48)44(32)22-26/h3,5-7,9-11,13,16-17,19,24,26-27,31-32H,4,8,12,14-15,18,20-22H2,1-2H3,(H,41,45)(H,42,47)(H,43,49)/b11-7-/t24-,26+,31?,32-,39+/m0/s1. The van der Waals surface area contributed by atoms with Gasteiger partial charge in [0.1, 0.15) is 35.2 Å². The molecule has 4 amide bonds. The fourth-order valence-corrected chi connectivity index (χ4v) is 8.60. The van der Waals surface area contributed by atoms with Crippen LogP contribution in [0.3, 0.4) is 0 Å². The van der Waals surface area contributed by atoms with Crippen LogP contribution < -0.4 is 24.8 Å². The molecule has 0 spiro atoms. The van der Waals surface area contributed by atoms with Gasteiger partial charge in [-0.3, -0.25) is 28.7 Å². The zero-order valence-corrected chi connectivity index (χ0v) is 31.3. The number of sulfonamides is 1. The van der Waals surface area contributed by atoms with Gasteiger partial charge in [0.15, 0.2) is 0 Å². The first-order valence-electron chi connectivity index (χ1n) is 18.3. The number of hydrogen-bond donors (Lipinski definition) is 3. The lowest BCUT2D eigenvalue weighted by Gasteiger charge is -2.29. The third-order valence-corrected chi connectivity index (χ3v) is 12.3. The second-order valence-electron chi connectivity index (χ2n) is 14.4. The third kappa shape index (κ3) is 8.14. The van der Waals surface area contributed by atoms with Crippen molar-refractivity contribution in [2.75, 3.05) is 20.8 Å². The summed E-state index contributed by atoms with van der Waals surface area (Å²) in [5, 5.41) is 5.47. The van der Waals surface area contributed by atoms with Crippen molar-refractivity contribution >= 4 is 50.5 Å². The van der Waals surface area contributed by atoms with Gasteiger partial charge in [-0.2, -0.15) is 0 Å². The molecule has 7 rings (SSSR count). The van der Waals surface area contributed by atoms with Crippen molar-refractivity contribution in [2.45, 2.75) is 80.3 Å². The van der Waals surface area contributed by atoms with E-state index < -0.39 is 80.9 Å². The highest BCUT2D eigenvalue weighted by atomic mass is 32.2. The Kier molecular flexibility index (Phi) is 10.5. The zero-order chi connectivity index (χ0) is 38.9. The van der Waals surface area contributed by atoms with E-state index in [0.717, 1.165) is 5.56 Å². The molecular formula is C39H43N5O10S. The predicted octanol–water partition coefficient (Wildman–Crippen LogP) is 2.53. The molecule has 3 fully saturated rings. The van der Waals surface area contributed by atoms with E-state index in [4.69, 9.17) is 19.2 Å². The molecule has 55 heavy (non-hydrogen) atoms. The maximum absolute atomic E-state index is 14.4. The fourth-order valence-electron chi connectivity index (χ4n) is 7.24. The molecule has 290 valence electrons. The van der Waals surface area contributed by atoms with Gasteiger partial charge in [0.05, 0.1) is 43.6 Å². The Labute approximate surface area is 318 Å². The van der Waals surface area contributed by atoms with Crippen molar-refractivity contribution in [1.82, 2.24) is 25.2 Å². The Morgan fingerprint density at radius 1 is 1.05 bits per heavy atom. The van der Waals surface area contributed by atoms with E-state index in [1.165, 1.54) is 12.0 Å². The lowest BCUT2D eigenvalue weighted by molar-refractivity contribution is -0.147. The first-order valence-corrected chi connectivity index (χ1v) is 19.9. The van der Waals surface area contributed by atoms with E-state index in [-0.39, 0.29) is 25.8 Å². The van der Waals surface area contributed by atoms with E-state index in [1.807, 2.05) is 30.3 Å². The normalized spacial score (nSPS) is 26.3. The summed E-state index contributed by atoms with van der Waals surface area (Å²) in [6.45, 7) is -0.121. The quantitative estimate of drug-likeness (QED) is 0.213. The summed E-state index contributed by atoms with van der Waals surface area (Å²) in [5.74, 6) is -2.98. The molecule has 2 aromatic carbocycles. The number of ether oxygens (including phenoxy) is 3. The Hall–Kier alpha value is -5.51. The lowest BCUT2D eigenvalue weighted by Crippen LogP contribution is -2.58. The van der Waals surface area contributed by atoms with Crippen molar-refractivity contribution in [2.24, 2.45) is 5.92 Å². The highest BCUT2D eigenvalue weighted by molar-refractivity contribution is 7.91. The molecule has 2 saturated carbocycles. The number of pyridine rings is 1. The van der Waals surface area contributed by atoms with Crippen molar-refractivity contribution in [1.29, 1.82) is 0 Å². The number of carbonyl (C=O) groups excluding carboxylic acids is 5. The van der Waals surface area contributed by atoms with E-state index in [9.17, 15) is 32.4 Å². The van der Waals surface area contributed by atoms with Crippen molar-refractivity contribution < 1.29 is 46.6 Å². The molecule has 1 aromatic heterocycles. The van der Waals surface area contributed by atoms with Gasteiger partial charge in [0.25, 0.3) is 5.91 Å². The van der Waals surface area contributed by atoms with Crippen LogP contribution in [0.5, 0.6) is 11.5 Å². The maximum atomic E-state index is 14.4. The SMILES string of the molecule is COC(=O)CC1NC(=O)CCC/C=C\[C@H]2C[C@@]2(C(=O)NS(=O)(=O)C2CC2)NC(=O)[C@@H]2C[C@@H](Oc3cc(-c4ccccc4)nc4cc(OC)ccc34)CN2C1=O. The highest BCUT2D eigenvalue weighted by Crippen LogP contribution is 2.46. The van der Waals surface area contributed by atoms with E-state index in [0.29, 0.717) is 53.8 Å². The first kappa shape index (κ1) is 37.8. The van der Waals surface area contributed by atoms with Crippen molar-refractivity contribution in [3.8, 4) is 22.8 Å². The fraction of sp³-hybridized carbons (Fsp3) is 0.436. The number of benzene rings is 2. The van der Waals surface area contributed by atoms with E-state index in [1.54, 1.807) is 43.5 Å². The molecule has 3 N–H and O–H groups in total. The smallest absolute Gasteiger partial charge is 0.308 e. The summed E-state index contributed by atoms with van der Waals surface area (Å²) >= 11 is 0. The molecule has 4 aliphatic rings. The summed E-state index contributed by atoms with van der Waals surface area (Å²) in [7, 11) is -1.21. The molecule has 2 aliphatic carbocycles. The van der Waals surface area contributed by atoms with Crippen LogP contribution in [0, 0.1) is 5.92 Å². The first-order chi connectivity index (χ1) is 26.4. The molecule has 0 radical (unpaired) electrons. The van der Waals surface area contributed by atoms with Crippen LogP contribution in [0.25, 0.3) is 22.2 Å². The molecule has 16 heteroatoms. The number of rotatable bonds is 9. The minimum Gasteiger partial charge on any atom is -0.497 e. The second kappa shape index (κ2) is 15.3. The average Bonchev–Trinajstić information content (AvgIpc) is 4.10. The Balaban J connectivity index is 1.24. The lowest BCUT2D eigenvalue weighted by atomic mass is 10.1. The number of aromatic nitrogens is 1. The van der Waals surface area contributed by atoms with Gasteiger partial charge in [-0.25, -0.2) is 13.4 Å². The topological polar surface area (TPSA) is 199 Å². The second-order valence-corrected chi connectivity index (χ2v) is 16.4. The van der Waals surface area contributed by atoms with E-state index >= 15 is 0 Å². The van der Waals surface area contributed by atoms with Crippen LogP contribution in [0.4, 0.5) is 0 Å². The molecule has 15 nitrogen and oxygen atoms in total. The molecule has 3 aromatic rings. The molecule has 0 bridgehead atoms. The van der Waals surface area contributed by atoms with Crippen LogP contribution in [0.2, 0.25) is 0 Å². The van der Waals surface area contributed by atoms with E-state index in [2.05, 4.69) is 15.4 Å². The predicted molar refractivity (Wildman–Crippen MR) is 199 cm³/mol. The molecule has 3 heterocycles. The summed E-state index contributed by atoms with van der Waals surface area (Å²) in [4.78, 5) is 74.1. The van der Waals surface area contributed by atoms with Gasteiger partial charge in [-0.05, 0) is 44.2 Å². The van der Waals surface area contributed by atoms with Gasteiger partial charge >= 0.3 is 5.97 Å². The Bertz CT molecular complexity index is 2160. The Morgan fingerprint density at radius 3 is 2.56 bits per heavy atom. The van der Waals surface area contributed by atoms with Gasteiger partial charge in [0.2, 0.25) is 27.7 Å².